The molecule has 0 fully saturated rings. The summed E-state index contributed by atoms with van der Waals surface area (Å²) in [5.74, 6) is 0.387. The second-order valence-electron chi connectivity index (χ2n) is 6.34. The molecule has 0 saturated carbocycles. The Morgan fingerprint density at radius 2 is 1.79 bits per heavy atom. The van der Waals surface area contributed by atoms with Crippen LogP contribution in [0.2, 0.25) is 5.02 Å². The van der Waals surface area contributed by atoms with Crippen molar-refractivity contribution in [3.8, 4) is 16.9 Å². The van der Waals surface area contributed by atoms with Crippen molar-refractivity contribution in [2.24, 2.45) is 0 Å². The fourth-order valence-corrected chi connectivity index (χ4v) is 4.22. The summed E-state index contributed by atoms with van der Waals surface area (Å²) in [6.07, 6.45) is 3.12. The standard InChI is InChI=1S/C23H16ClNO3S/c1-28-19-7-3-6-17(13-19)16-5-2-4-15(12-16)8-11-22(26)25-20-10-9-18(24)14-21(20)29-23(25)27/h2-14H,1H3/b11-8+. The Morgan fingerprint density at radius 1 is 1.03 bits per heavy atom. The van der Waals surface area contributed by atoms with Crippen molar-refractivity contribution in [2.45, 2.75) is 0 Å². The number of hydrogen-bond acceptors (Lipinski definition) is 4. The number of thiazole rings is 1. The SMILES string of the molecule is COc1cccc(-c2cccc(/C=C/C(=O)n3c(=O)sc4cc(Cl)ccc43)c2)c1. The quantitative estimate of drug-likeness (QED) is 0.394. The first-order valence-electron chi connectivity index (χ1n) is 8.83. The highest BCUT2D eigenvalue weighted by Gasteiger charge is 2.12. The Morgan fingerprint density at radius 3 is 2.59 bits per heavy atom. The van der Waals surface area contributed by atoms with Crippen LogP contribution in [0.3, 0.4) is 0 Å². The fraction of sp³-hybridized carbons (Fsp3) is 0.0435. The van der Waals surface area contributed by atoms with Crippen LogP contribution in [0.5, 0.6) is 5.75 Å². The lowest BCUT2D eigenvalue weighted by Crippen LogP contribution is -2.19. The number of benzene rings is 3. The van der Waals surface area contributed by atoms with E-state index in [1.165, 1.54) is 10.6 Å². The summed E-state index contributed by atoms with van der Waals surface area (Å²) in [5, 5.41) is 0.531. The molecule has 0 saturated heterocycles. The zero-order valence-corrected chi connectivity index (χ0v) is 17.0. The Hall–Kier alpha value is -3.15. The largest absolute Gasteiger partial charge is 0.497 e. The van der Waals surface area contributed by atoms with Crippen LogP contribution in [0.4, 0.5) is 0 Å². The maximum Gasteiger partial charge on any atom is 0.315 e. The summed E-state index contributed by atoms with van der Waals surface area (Å²) in [4.78, 5) is 24.6. The Balaban J connectivity index is 1.64. The lowest BCUT2D eigenvalue weighted by Gasteiger charge is -2.05. The molecular formula is C23H16ClNO3S. The number of fused-ring (bicyclic) bond motifs is 1. The van der Waals surface area contributed by atoms with Gasteiger partial charge in [-0.25, -0.2) is 4.57 Å². The van der Waals surface area contributed by atoms with Crippen LogP contribution in [-0.4, -0.2) is 17.6 Å². The van der Waals surface area contributed by atoms with Gasteiger partial charge in [-0.2, -0.15) is 0 Å². The molecule has 3 aromatic carbocycles. The van der Waals surface area contributed by atoms with Gasteiger partial charge in [-0.1, -0.05) is 53.3 Å². The number of allylic oxidation sites excluding steroid dienone is 1. The molecule has 29 heavy (non-hydrogen) atoms. The topological polar surface area (TPSA) is 48.3 Å². The zero-order chi connectivity index (χ0) is 20.4. The Labute approximate surface area is 176 Å². The number of halogens is 1. The van der Waals surface area contributed by atoms with Gasteiger partial charge >= 0.3 is 4.87 Å². The predicted molar refractivity (Wildman–Crippen MR) is 119 cm³/mol. The highest BCUT2D eigenvalue weighted by atomic mass is 35.5. The first kappa shape index (κ1) is 19.2. The molecule has 0 atom stereocenters. The maximum absolute atomic E-state index is 12.7. The van der Waals surface area contributed by atoms with Gasteiger partial charge in [-0.05, 0) is 59.2 Å². The predicted octanol–water partition coefficient (Wildman–Crippen LogP) is 5.75. The average Bonchev–Trinajstić information content (AvgIpc) is 3.07. The molecule has 1 aromatic heterocycles. The minimum Gasteiger partial charge on any atom is -0.497 e. The van der Waals surface area contributed by atoms with Crippen LogP contribution >= 0.6 is 22.9 Å². The van der Waals surface area contributed by atoms with Gasteiger partial charge in [0, 0.05) is 11.1 Å². The zero-order valence-electron chi connectivity index (χ0n) is 15.5. The van der Waals surface area contributed by atoms with Gasteiger partial charge in [0.25, 0.3) is 5.91 Å². The molecule has 0 aliphatic rings. The summed E-state index contributed by atoms with van der Waals surface area (Å²) < 4.78 is 7.13. The minimum atomic E-state index is -0.393. The van der Waals surface area contributed by atoms with E-state index in [4.69, 9.17) is 16.3 Å². The van der Waals surface area contributed by atoms with Crippen molar-refractivity contribution >= 4 is 45.1 Å². The molecule has 0 aliphatic carbocycles. The average molecular weight is 422 g/mol. The normalized spacial score (nSPS) is 11.2. The van der Waals surface area contributed by atoms with Crippen LogP contribution in [0.25, 0.3) is 27.4 Å². The van der Waals surface area contributed by atoms with E-state index in [1.54, 1.807) is 31.4 Å². The molecular weight excluding hydrogens is 406 g/mol. The number of carbonyl (C=O) groups is 1. The summed E-state index contributed by atoms with van der Waals surface area (Å²) >= 11 is 6.98. The second-order valence-corrected chi connectivity index (χ2v) is 7.77. The van der Waals surface area contributed by atoms with Crippen LogP contribution in [0, 0.1) is 0 Å². The van der Waals surface area contributed by atoms with Gasteiger partial charge < -0.3 is 4.74 Å². The summed E-state index contributed by atoms with van der Waals surface area (Å²) in [7, 11) is 1.63. The van der Waals surface area contributed by atoms with Gasteiger partial charge in [-0.3, -0.25) is 9.59 Å². The smallest absolute Gasteiger partial charge is 0.315 e. The van der Waals surface area contributed by atoms with Crippen LogP contribution in [0.1, 0.15) is 10.4 Å². The van der Waals surface area contributed by atoms with Gasteiger partial charge in [-0.15, -0.1) is 0 Å². The third kappa shape index (κ3) is 4.01. The lowest BCUT2D eigenvalue weighted by atomic mass is 10.0. The van der Waals surface area contributed by atoms with E-state index in [0.717, 1.165) is 33.8 Å². The number of nitrogens with zero attached hydrogens (tertiary/aromatic N) is 1. The third-order valence-corrected chi connectivity index (χ3v) is 5.61. The molecule has 0 unspecified atom stereocenters. The van der Waals surface area contributed by atoms with E-state index in [9.17, 15) is 9.59 Å². The monoisotopic (exact) mass is 421 g/mol. The van der Waals surface area contributed by atoms with Crippen molar-refractivity contribution < 1.29 is 9.53 Å². The van der Waals surface area contributed by atoms with Crippen molar-refractivity contribution in [2.75, 3.05) is 7.11 Å². The van der Waals surface area contributed by atoms with Gasteiger partial charge in [0.05, 0.1) is 17.3 Å². The number of methoxy groups -OCH3 is 1. The van der Waals surface area contributed by atoms with Crippen LogP contribution in [-0.2, 0) is 0 Å². The Bertz CT molecular complexity index is 1300. The van der Waals surface area contributed by atoms with Crippen molar-refractivity contribution in [3.05, 3.63) is 93.1 Å². The molecule has 1 heterocycles. The van der Waals surface area contributed by atoms with Gasteiger partial charge in [0.1, 0.15) is 5.75 Å². The van der Waals surface area contributed by atoms with E-state index in [2.05, 4.69) is 0 Å². The molecule has 4 rings (SSSR count). The summed E-state index contributed by atoms with van der Waals surface area (Å²) in [6, 6.07) is 20.6. The summed E-state index contributed by atoms with van der Waals surface area (Å²) in [5.41, 5.74) is 3.44. The molecule has 0 aliphatic heterocycles. The minimum absolute atomic E-state index is 0.331. The van der Waals surface area contributed by atoms with E-state index in [-0.39, 0.29) is 4.87 Å². The van der Waals surface area contributed by atoms with E-state index >= 15 is 0 Å². The number of hydrogen-bond donors (Lipinski definition) is 0. The van der Waals surface area contributed by atoms with Crippen molar-refractivity contribution in [1.82, 2.24) is 4.57 Å². The number of rotatable bonds is 4. The lowest BCUT2D eigenvalue weighted by molar-refractivity contribution is 0.0972. The van der Waals surface area contributed by atoms with Gasteiger partial charge in [0.2, 0.25) is 0 Å². The molecule has 0 spiro atoms. The highest BCUT2D eigenvalue weighted by molar-refractivity contribution is 7.16. The Kier molecular flexibility index (Phi) is 5.34. The summed E-state index contributed by atoms with van der Waals surface area (Å²) in [6.45, 7) is 0. The molecule has 4 nitrogen and oxygen atoms in total. The van der Waals surface area contributed by atoms with Crippen LogP contribution < -0.4 is 9.61 Å². The van der Waals surface area contributed by atoms with E-state index in [0.29, 0.717) is 15.2 Å². The molecule has 0 amide bonds. The fourth-order valence-electron chi connectivity index (χ4n) is 3.07. The molecule has 0 N–H and O–H groups in total. The maximum atomic E-state index is 12.7. The van der Waals surface area contributed by atoms with Crippen molar-refractivity contribution in [1.29, 1.82) is 0 Å². The second kappa shape index (κ2) is 8.07. The molecule has 0 bridgehead atoms. The number of carbonyl (C=O) groups excluding carboxylic acids is 1. The number of ether oxygens (including phenoxy) is 1. The third-order valence-electron chi connectivity index (χ3n) is 4.47. The molecule has 144 valence electrons. The van der Waals surface area contributed by atoms with E-state index < -0.39 is 5.91 Å². The van der Waals surface area contributed by atoms with Crippen molar-refractivity contribution in [3.63, 3.8) is 0 Å². The molecule has 4 aromatic rings. The first-order valence-corrected chi connectivity index (χ1v) is 10.0. The highest BCUT2D eigenvalue weighted by Crippen LogP contribution is 2.25. The first-order chi connectivity index (χ1) is 14.0. The van der Waals surface area contributed by atoms with Gasteiger partial charge in [0.15, 0.2) is 0 Å². The van der Waals surface area contributed by atoms with Crippen LogP contribution in [0.15, 0.2) is 77.6 Å². The molecule has 6 heteroatoms. The van der Waals surface area contributed by atoms with E-state index in [1.807, 2.05) is 48.5 Å². The molecule has 0 radical (unpaired) electrons. The number of aromatic nitrogens is 1.